The summed E-state index contributed by atoms with van der Waals surface area (Å²) in [5, 5.41) is 0. The Balaban J connectivity index is 3.60. The molecule has 1 N–H and O–H groups in total. The second-order valence-electron chi connectivity index (χ2n) is 0.973. The predicted molar refractivity (Wildman–Crippen MR) is 30.4 cm³/mol. The van der Waals surface area contributed by atoms with Crippen LogP contribution in [0.4, 0.5) is 0 Å². The SMILES string of the molecule is CCPS(=O)(=O)O. The van der Waals surface area contributed by atoms with Gasteiger partial charge < -0.3 is 0 Å². The van der Waals surface area contributed by atoms with E-state index in [0.717, 1.165) is 0 Å². The summed E-state index contributed by atoms with van der Waals surface area (Å²) >= 11 is 0. The molecule has 0 fully saturated rings. The maximum Gasteiger partial charge on any atom is 0.278 e. The summed E-state index contributed by atoms with van der Waals surface area (Å²) in [6.45, 7) is 1.70. The molecule has 0 radical (unpaired) electrons. The molecule has 0 aliphatic rings. The molecule has 44 valence electrons. The van der Waals surface area contributed by atoms with Gasteiger partial charge >= 0.3 is 0 Å². The van der Waals surface area contributed by atoms with Gasteiger partial charge in [0.05, 0.1) is 0 Å². The van der Waals surface area contributed by atoms with Gasteiger partial charge in [0, 0.05) is 7.78 Å². The van der Waals surface area contributed by atoms with E-state index in [2.05, 4.69) is 0 Å². The Bertz CT molecular complexity index is 126. The molecule has 0 aromatic heterocycles. The molecule has 0 amide bonds. The fraction of sp³-hybridized carbons (Fsp3) is 1.00. The van der Waals surface area contributed by atoms with Gasteiger partial charge in [-0.3, -0.25) is 4.55 Å². The average molecular weight is 142 g/mol. The summed E-state index contributed by atoms with van der Waals surface area (Å²) < 4.78 is 27.6. The first-order valence-corrected chi connectivity index (χ1v) is 5.15. The van der Waals surface area contributed by atoms with Crippen LogP contribution in [0.1, 0.15) is 6.92 Å². The molecule has 0 aromatic carbocycles. The fourth-order valence-electron chi connectivity index (χ4n) is 0.182. The normalized spacial score (nSPS) is 13.4. The summed E-state index contributed by atoms with van der Waals surface area (Å²) in [7, 11) is -3.99. The third-order valence-corrected chi connectivity index (χ3v) is 2.94. The first kappa shape index (κ1) is 7.34. The largest absolute Gasteiger partial charge is 0.283 e. The highest BCUT2D eigenvalue weighted by Gasteiger charge is 1.97. The van der Waals surface area contributed by atoms with Crippen molar-refractivity contribution in [2.45, 2.75) is 6.92 Å². The highest BCUT2D eigenvalue weighted by atomic mass is 32.8. The zero-order chi connectivity index (χ0) is 5.91. The van der Waals surface area contributed by atoms with E-state index in [9.17, 15) is 8.42 Å². The maximum atomic E-state index is 9.80. The zero-order valence-corrected chi connectivity index (χ0v) is 5.70. The minimum absolute atomic E-state index is 0.348. The quantitative estimate of drug-likeness (QED) is 0.451. The molecule has 0 saturated heterocycles. The average Bonchev–Trinajstić information content (AvgIpc) is 1.30. The summed E-state index contributed by atoms with van der Waals surface area (Å²) in [5.74, 6) is 0. The van der Waals surface area contributed by atoms with Crippen molar-refractivity contribution in [3.05, 3.63) is 0 Å². The summed E-state index contributed by atoms with van der Waals surface area (Å²) in [5.41, 5.74) is 0. The molecule has 0 heterocycles. The molecular weight excluding hydrogens is 135 g/mol. The van der Waals surface area contributed by atoms with Crippen LogP contribution in [0.25, 0.3) is 0 Å². The van der Waals surface area contributed by atoms with Gasteiger partial charge in [0.2, 0.25) is 0 Å². The zero-order valence-electron chi connectivity index (χ0n) is 3.88. The molecule has 3 nitrogen and oxygen atoms in total. The van der Waals surface area contributed by atoms with Crippen molar-refractivity contribution in [3.63, 3.8) is 0 Å². The van der Waals surface area contributed by atoms with Crippen molar-refractivity contribution in [3.8, 4) is 0 Å². The first-order chi connectivity index (χ1) is 3.06. The molecule has 0 spiro atoms. The predicted octanol–water partition coefficient (Wildman–Crippen LogP) is 0.488. The smallest absolute Gasteiger partial charge is 0.278 e. The van der Waals surface area contributed by atoms with Crippen molar-refractivity contribution in [2.24, 2.45) is 0 Å². The van der Waals surface area contributed by atoms with Crippen molar-refractivity contribution < 1.29 is 13.0 Å². The minimum Gasteiger partial charge on any atom is -0.283 e. The molecular formula is C2H7O3PS. The number of hydrogen-bond donors (Lipinski definition) is 1. The molecule has 1 atom stereocenters. The van der Waals surface area contributed by atoms with Crippen LogP contribution in [0, 0.1) is 0 Å². The van der Waals surface area contributed by atoms with Gasteiger partial charge in [-0.1, -0.05) is 6.92 Å². The van der Waals surface area contributed by atoms with E-state index in [0.29, 0.717) is 6.16 Å². The lowest BCUT2D eigenvalue weighted by atomic mass is 11.0. The van der Waals surface area contributed by atoms with Gasteiger partial charge in [-0.2, -0.15) is 8.42 Å². The second kappa shape index (κ2) is 2.60. The Morgan fingerprint density at radius 2 is 2.14 bits per heavy atom. The third-order valence-electron chi connectivity index (χ3n) is 0.327. The van der Waals surface area contributed by atoms with E-state index >= 15 is 0 Å². The standard InChI is InChI=1S/C2H7O3PS/c1-2-6-7(3,4)5/h6H,2H2,1H3,(H,3,4,5). The van der Waals surface area contributed by atoms with Gasteiger partial charge in [-0.15, -0.1) is 0 Å². The lowest BCUT2D eigenvalue weighted by Gasteiger charge is -1.86. The molecule has 0 aliphatic heterocycles. The summed E-state index contributed by atoms with van der Waals surface area (Å²) in [6.07, 6.45) is 0.499. The maximum absolute atomic E-state index is 9.80. The van der Waals surface area contributed by atoms with Gasteiger partial charge in [0.25, 0.3) is 9.74 Å². The molecule has 1 unspecified atom stereocenters. The third kappa shape index (κ3) is 6.34. The number of hydrogen-bond acceptors (Lipinski definition) is 2. The Hall–Kier alpha value is 0.340. The van der Waals surface area contributed by atoms with Gasteiger partial charge in [0.15, 0.2) is 0 Å². The van der Waals surface area contributed by atoms with Crippen LogP contribution < -0.4 is 0 Å². The fourth-order valence-corrected chi connectivity index (χ4v) is 1.64. The van der Waals surface area contributed by atoms with Crippen molar-refractivity contribution in [1.29, 1.82) is 0 Å². The van der Waals surface area contributed by atoms with Gasteiger partial charge in [-0.05, 0) is 6.16 Å². The van der Waals surface area contributed by atoms with Gasteiger partial charge in [-0.25, -0.2) is 0 Å². The van der Waals surface area contributed by atoms with Crippen molar-refractivity contribution in [1.82, 2.24) is 0 Å². The lowest BCUT2D eigenvalue weighted by molar-refractivity contribution is 0.502. The monoisotopic (exact) mass is 142 g/mol. The van der Waals surface area contributed by atoms with Crippen molar-refractivity contribution >= 4 is 17.5 Å². The molecule has 0 rings (SSSR count). The molecule has 0 saturated carbocycles. The van der Waals surface area contributed by atoms with E-state index in [1.54, 1.807) is 6.92 Å². The topological polar surface area (TPSA) is 54.4 Å². The van der Waals surface area contributed by atoms with E-state index in [-0.39, 0.29) is 7.78 Å². The van der Waals surface area contributed by atoms with Crippen LogP contribution in [-0.4, -0.2) is 19.1 Å². The second-order valence-corrected chi connectivity index (χ2v) is 5.33. The molecule has 7 heavy (non-hydrogen) atoms. The van der Waals surface area contributed by atoms with Crippen LogP contribution in [0.15, 0.2) is 0 Å². The molecule has 0 aliphatic carbocycles. The lowest BCUT2D eigenvalue weighted by Crippen LogP contribution is -1.85. The van der Waals surface area contributed by atoms with Crippen LogP contribution >= 0.6 is 7.78 Å². The summed E-state index contributed by atoms with van der Waals surface area (Å²) in [4.78, 5) is 0. The van der Waals surface area contributed by atoms with E-state index in [4.69, 9.17) is 4.55 Å². The molecule has 0 aromatic rings. The summed E-state index contributed by atoms with van der Waals surface area (Å²) in [6, 6.07) is 0. The minimum atomic E-state index is -3.65. The van der Waals surface area contributed by atoms with Crippen LogP contribution in [-0.2, 0) is 9.74 Å². The highest BCUT2D eigenvalue weighted by molar-refractivity contribution is 8.40. The van der Waals surface area contributed by atoms with Crippen LogP contribution in [0.2, 0.25) is 0 Å². The molecule has 0 bridgehead atoms. The van der Waals surface area contributed by atoms with E-state index in [1.807, 2.05) is 0 Å². The van der Waals surface area contributed by atoms with Crippen LogP contribution in [0.3, 0.4) is 0 Å². The van der Waals surface area contributed by atoms with Crippen molar-refractivity contribution in [2.75, 3.05) is 6.16 Å². The van der Waals surface area contributed by atoms with Crippen LogP contribution in [0.5, 0.6) is 0 Å². The Kier molecular flexibility index (Phi) is 2.73. The Morgan fingerprint density at radius 1 is 1.71 bits per heavy atom. The highest BCUT2D eigenvalue weighted by Crippen LogP contribution is 2.15. The number of rotatable bonds is 2. The first-order valence-electron chi connectivity index (χ1n) is 1.78. The van der Waals surface area contributed by atoms with E-state index < -0.39 is 9.74 Å². The Morgan fingerprint density at radius 3 is 2.14 bits per heavy atom. The molecule has 5 heteroatoms. The van der Waals surface area contributed by atoms with Gasteiger partial charge in [0.1, 0.15) is 0 Å². The van der Waals surface area contributed by atoms with E-state index in [1.165, 1.54) is 0 Å². The Labute approximate surface area is 44.4 Å².